The summed E-state index contributed by atoms with van der Waals surface area (Å²) >= 11 is 0. The van der Waals surface area contributed by atoms with E-state index in [0.717, 1.165) is 12.6 Å². The van der Waals surface area contributed by atoms with Crippen molar-refractivity contribution in [3.63, 3.8) is 0 Å². The topological polar surface area (TPSA) is 85.0 Å². The second kappa shape index (κ2) is 7.53. The maximum atomic E-state index is 12.9. The summed E-state index contributed by atoms with van der Waals surface area (Å²) in [5.74, 6) is 0. The highest BCUT2D eigenvalue weighted by atomic mass is 32.2. The number of aryl methyl sites for hydroxylation is 1. The van der Waals surface area contributed by atoms with Crippen molar-refractivity contribution in [2.45, 2.75) is 18.4 Å². The van der Waals surface area contributed by atoms with Crippen molar-refractivity contribution in [1.82, 2.24) is 4.31 Å². The van der Waals surface area contributed by atoms with Gasteiger partial charge in [0.2, 0.25) is 10.0 Å². The molecule has 0 spiro atoms. The van der Waals surface area contributed by atoms with Gasteiger partial charge in [-0.1, -0.05) is 36.4 Å². The average molecular weight is 376 g/mol. The predicted octanol–water partition coefficient (Wildman–Crippen LogP) is 0.993. The monoisotopic (exact) mass is 376 g/mol. The molecule has 0 aliphatic carbocycles. The van der Waals surface area contributed by atoms with Crippen molar-refractivity contribution in [3.8, 4) is 0 Å². The molecule has 7 nitrogen and oxygen atoms in total. The lowest BCUT2D eigenvalue weighted by Gasteiger charge is -2.31. The van der Waals surface area contributed by atoms with E-state index in [4.69, 9.17) is 0 Å². The number of piperazine rings is 1. The zero-order valence-corrected chi connectivity index (χ0v) is 15.4. The fourth-order valence-corrected chi connectivity index (χ4v) is 4.91. The van der Waals surface area contributed by atoms with Crippen molar-refractivity contribution in [1.29, 1.82) is 0 Å². The zero-order chi connectivity index (χ0) is 18.7. The van der Waals surface area contributed by atoms with E-state index in [1.807, 2.05) is 18.2 Å². The van der Waals surface area contributed by atoms with Gasteiger partial charge in [0, 0.05) is 17.7 Å². The van der Waals surface area contributed by atoms with E-state index in [-0.39, 0.29) is 10.6 Å². The molecule has 1 aliphatic rings. The van der Waals surface area contributed by atoms with E-state index in [0.29, 0.717) is 31.7 Å². The molecular formula is C18H22N3O4S+. The molecule has 0 amide bonds. The first kappa shape index (κ1) is 18.5. The third-order valence-electron chi connectivity index (χ3n) is 4.73. The first-order valence-electron chi connectivity index (χ1n) is 8.50. The number of nitrogens with zero attached hydrogens (tertiary/aromatic N) is 2. The maximum absolute atomic E-state index is 12.9. The molecule has 2 aromatic rings. The number of sulfonamides is 1. The Morgan fingerprint density at radius 3 is 2.38 bits per heavy atom. The van der Waals surface area contributed by atoms with Crippen LogP contribution < -0.4 is 4.90 Å². The second-order valence-electron chi connectivity index (χ2n) is 6.52. The van der Waals surface area contributed by atoms with Crippen molar-refractivity contribution in [2.24, 2.45) is 0 Å². The van der Waals surface area contributed by atoms with Crippen molar-refractivity contribution in [3.05, 3.63) is 69.8 Å². The number of nitro groups is 1. The standard InChI is InChI=1S/C18H21N3O4S/c1-15-7-8-17(21(22)23)13-18(15)26(24,25)20-11-9-19(10-12-20)14-16-5-3-2-4-6-16/h2-8,13H,9-12,14H2,1H3/p+1. The van der Waals surface area contributed by atoms with E-state index < -0.39 is 14.9 Å². The van der Waals surface area contributed by atoms with Crippen LogP contribution >= 0.6 is 0 Å². The van der Waals surface area contributed by atoms with Gasteiger partial charge in [-0.25, -0.2) is 8.42 Å². The van der Waals surface area contributed by atoms with E-state index in [1.54, 1.807) is 6.92 Å². The summed E-state index contributed by atoms with van der Waals surface area (Å²) in [5, 5.41) is 11.0. The quantitative estimate of drug-likeness (QED) is 0.623. The third-order valence-corrected chi connectivity index (χ3v) is 6.77. The lowest BCUT2D eigenvalue weighted by molar-refractivity contribution is -0.917. The van der Waals surface area contributed by atoms with Crippen molar-refractivity contribution >= 4 is 15.7 Å². The number of nitrogens with one attached hydrogen (secondary N) is 1. The fraction of sp³-hybridized carbons (Fsp3) is 0.333. The molecule has 1 N–H and O–H groups in total. The van der Waals surface area contributed by atoms with Crippen LogP contribution in [0.5, 0.6) is 0 Å². The van der Waals surface area contributed by atoms with Crippen LogP contribution in [0.4, 0.5) is 5.69 Å². The number of non-ortho nitro benzene ring substituents is 1. The Labute approximate surface area is 153 Å². The van der Waals surface area contributed by atoms with Gasteiger partial charge in [-0.15, -0.1) is 0 Å². The smallest absolute Gasteiger partial charge is 0.270 e. The van der Waals surface area contributed by atoms with E-state index in [1.165, 1.54) is 26.9 Å². The lowest BCUT2D eigenvalue weighted by Crippen LogP contribution is -3.13. The average Bonchev–Trinajstić information content (AvgIpc) is 2.63. The van der Waals surface area contributed by atoms with Crippen LogP contribution in [0.15, 0.2) is 53.4 Å². The minimum atomic E-state index is -3.73. The molecule has 138 valence electrons. The molecule has 8 heteroatoms. The summed E-state index contributed by atoms with van der Waals surface area (Å²) in [4.78, 5) is 11.8. The van der Waals surface area contributed by atoms with Crippen LogP contribution in [0.2, 0.25) is 0 Å². The van der Waals surface area contributed by atoms with Crippen LogP contribution in [0.3, 0.4) is 0 Å². The zero-order valence-electron chi connectivity index (χ0n) is 14.6. The molecule has 0 atom stereocenters. The summed E-state index contributed by atoms with van der Waals surface area (Å²) in [7, 11) is -3.73. The normalized spacial score (nSPS) is 16.5. The van der Waals surface area contributed by atoms with Gasteiger partial charge >= 0.3 is 0 Å². The largest absolute Gasteiger partial charge is 0.329 e. The summed E-state index contributed by atoms with van der Waals surface area (Å²) in [6.45, 7) is 4.77. The highest BCUT2D eigenvalue weighted by Crippen LogP contribution is 2.24. The molecule has 0 saturated carbocycles. The number of hydrogen-bond acceptors (Lipinski definition) is 4. The Bertz CT molecular complexity index is 892. The predicted molar refractivity (Wildman–Crippen MR) is 97.4 cm³/mol. The van der Waals surface area contributed by atoms with Gasteiger partial charge in [0.25, 0.3) is 5.69 Å². The van der Waals surface area contributed by atoms with Crippen LogP contribution in [0.25, 0.3) is 0 Å². The Morgan fingerprint density at radius 1 is 1.12 bits per heavy atom. The van der Waals surface area contributed by atoms with Gasteiger partial charge in [0.15, 0.2) is 0 Å². The highest BCUT2D eigenvalue weighted by Gasteiger charge is 2.32. The van der Waals surface area contributed by atoms with Gasteiger partial charge in [-0.05, 0) is 12.5 Å². The molecule has 1 heterocycles. The number of benzene rings is 2. The second-order valence-corrected chi connectivity index (χ2v) is 8.43. The molecular weight excluding hydrogens is 354 g/mol. The van der Waals surface area contributed by atoms with Crippen LogP contribution in [0.1, 0.15) is 11.1 Å². The Balaban J connectivity index is 1.72. The molecule has 3 rings (SSSR count). The maximum Gasteiger partial charge on any atom is 0.270 e. The Hall–Kier alpha value is -2.29. The number of quaternary nitrogens is 1. The van der Waals surface area contributed by atoms with Crippen LogP contribution in [0, 0.1) is 17.0 Å². The molecule has 1 fully saturated rings. The molecule has 2 aromatic carbocycles. The minimum Gasteiger partial charge on any atom is -0.329 e. The first-order chi connectivity index (χ1) is 12.4. The van der Waals surface area contributed by atoms with Gasteiger partial charge in [0.05, 0.1) is 36.0 Å². The van der Waals surface area contributed by atoms with Gasteiger partial charge in [-0.2, -0.15) is 4.31 Å². The number of hydrogen-bond donors (Lipinski definition) is 1. The van der Waals surface area contributed by atoms with Gasteiger partial charge in [0.1, 0.15) is 6.54 Å². The van der Waals surface area contributed by atoms with Crippen LogP contribution in [-0.2, 0) is 16.6 Å². The third kappa shape index (κ3) is 3.92. The Morgan fingerprint density at radius 2 is 1.77 bits per heavy atom. The van der Waals surface area contributed by atoms with Gasteiger partial charge in [-0.3, -0.25) is 10.1 Å². The lowest BCUT2D eigenvalue weighted by atomic mass is 10.2. The number of rotatable bonds is 5. The van der Waals surface area contributed by atoms with Crippen molar-refractivity contribution in [2.75, 3.05) is 26.2 Å². The Kier molecular flexibility index (Phi) is 5.36. The minimum absolute atomic E-state index is 0.0261. The SMILES string of the molecule is Cc1ccc([N+](=O)[O-])cc1S(=O)(=O)N1CC[NH+](Cc2ccccc2)CC1. The van der Waals surface area contributed by atoms with E-state index >= 15 is 0 Å². The molecule has 0 aromatic heterocycles. The van der Waals surface area contributed by atoms with E-state index in [9.17, 15) is 18.5 Å². The molecule has 0 radical (unpaired) electrons. The highest BCUT2D eigenvalue weighted by molar-refractivity contribution is 7.89. The first-order valence-corrected chi connectivity index (χ1v) is 9.94. The molecule has 0 unspecified atom stereocenters. The van der Waals surface area contributed by atoms with Gasteiger partial charge < -0.3 is 4.90 Å². The summed E-state index contributed by atoms with van der Waals surface area (Å²) in [6, 6.07) is 14.1. The summed E-state index contributed by atoms with van der Waals surface area (Å²) in [6.07, 6.45) is 0. The summed E-state index contributed by atoms with van der Waals surface area (Å²) < 4.78 is 27.3. The fourth-order valence-electron chi connectivity index (χ4n) is 3.22. The molecule has 1 saturated heterocycles. The van der Waals surface area contributed by atoms with Crippen molar-refractivity contribution < 1.29 is 18.2 Å². The molecule has 1 aliphatic heterocycles. The van der Waals surface area contributed by atoms with E-state index in [2.05, 4.69) is 12.1 Å². The molecule has 26 heavy (non-hydrogen) atoms. The number of nitro benzene ring substituents is 1. The molecule has 0 bridgehead atoms. The van der Waals surface area contributed by atoms with Crippen LogP contribution in [-0.4, -0.2) is 43.8 Å². The summed E-state index contributed by atoms with van der Waals surface area (Å²) in [5.41, 5.74) is 1.55.